The summed E-state index contributed by atoms with van der Waals surface area (Å²) in [6, 6.07) is 17.7. The van der Waals surface area contributed by atoms with Crippen LogP contribution in [-0.2, 0) is 0 Å². The molecule has 2 N–H and O–H groups in total. The van der Waals surface area contributed by atoms with E-state index in [1.807, 2.05) is 36.4 Å². The highest BCUT2D eigenvalue weighted by atomic mass is 16.1. The first-order valence-electron chi connectivity index (χ1n) is 8.36. The molecule has 3 nitrogen and oxygen atoms in total. The number of nitrogens with zero attached hydrogens (tertiary/aromatic N) is 1. The molecule has 0 aliphatic carbocycles. The predicted molar refractivity (Wildman–Crippen MR) is 102 cm³/mol. The highest BCUT2D eigenvalue weighted by molar-refractivity contribution is 5.99. The van der Waals surface area contributed by atoms with Gasteiger partial charge in [0.15, 0.2) is 0 Å². The SMILES string of the molecule is CC(C)(C)CC(C)(C)N(c1ccccc1)c1ccccc1C(N)=O. The van der Waals surface area contributed by atoms with E-state index in [0.717, 1.165) is 17.8 Å². The molecule has 0 radical (unpaired) electrons. The number of hydrogen-bond acceptors (Lipinski definition) is 2. The average Bonchev–Trinajstić information content (AvgIpc) is 2.46. The third-order valence-electron chi connectivity index (χ3n) is 3.99. The van der Waals surface area contributed by atoms with Crippen molar-refractivity contribution in [3.8, 4) is 0 Å². The van der Waals surface area contributed by atoms with Gasteiger partial charge in [-0.05, 0) is 49.9 Å². The van der Waals surface area contributed by atoms with Gasteiger partial charge in [-0.2, -0.15) is 0 Å². The summed E-state index contributed by atoms with van der Waals surface area (Å²) < 4.78 is 0. The fourth-order valence-electron chi connectivity index (χ4n) is 3.65. The van der Waals surface area contributed by atoms with Crippen molar-refractivity contribution in [2.24, 2.45) is 11.1 Å². The Hall–Kier alpha value is -2.29. The summed E-state index contributed by atoms with van der Waals surface area (Å²) in [5.74, 6) is -0.405. The van der Waals surface area contributed by atoms with E-state index in [1.165, 1.54) is 0 Å². The maximum atomic E-state index is 12.0. The van der Waals surface area contributed by atoms with Crippen LogP contribution in [0.25, 0.3) is 0 Å². The molecule has 0 aliphatic heterocycles. The lowest BCUT2D eigenvalue weighted by Crippen LogP contribution is -2.44. The summed E-state index contributed by atoms with van der Waals surface area (Å²) in [5.41, 5.74) is 8.05. The Morgan fingerprint density at radius 3 is 2.00 bits per heavy atom. The zero-order valence-electron chi connectivity index (χ0n) is 15.3. The second kappa shape index (κ2) is 6.68. The van der Waals surface area contributed by atoms with Crippen molar-refractivity contribution in [2.45, 2.75) is 46.6 Å². The van der Waals surface area contributed by atoms with E-state index in [-0.39, 0.29) is 11.0 Å². The first-order chi connectivity index (χ1) is 11.1. The lowest BCUT2D eigenvalue weighted by atomic mass is 9.80. The molecule has 2 aromatic rings. The van der Waals surface area contributed by atoms with Gasteiger partial charge in [-0.3, -0.25) is 4.79 Å². The Kier molecular flexibility index (Phi) is 5.02. The van der Waals surface area contributed by atoms with E-state index in [4.69, 9.17) is 5.73 Å². The summed E-state index contributed by atoms with van der Waals surface area (Å²) in [7, 11) is 0. The Bertz CT molecular complexity index is 699. The molecule has 0 unspecified atom stereocenters. The van der Waals surface area contributed by atoms with Gasteiger partial charge in [0.25, 0.3) is 5.91 Å². The van der Waals surface area contributed by atoms with Gasteiger partial charge in [-0.1, -0.05) is 51.1 Å². The van der Waals surface area contributed by atoms with Crippen LogP contribution in [0.4, 0.5) is 11.4 Å². The van der Waals surface area contributed by atoms with Crippen LogP contribution >= 0.6 is 0 Å². The molecule has 1 amide bonds. The van der Waals surface area contributed by atoms with E-state index in [1.54, 1.807) is 6.07 Å². The van der Waals surface area contributed by atoms with Gasteiger partial charge in [0.1, 0.15) is 0 Å². The molecular weight excluding hydrogens is 296 g/mol. The van der Waals surface area contributed by atoms with Crippen molar-refractivity contribution < 1.29 is 4.79 Å². The van der Waals surface area contributed by atoms with E-state index < -0.39 is 5.91 Å². The van der Waals surface area contributed by atoms with Gasteiger partial charge < -0.3 is 10.6 Å². The molecule has 24 heavy (non-hydrogen) atoms. The van der Waals surface area contributed by atoms with E-state index >= 15 is 0 Å². The Labute approximate surface area is 145 Å². The second-order valence-corrected chi connectivity index (χ2v) is 8.10. The third-order valence-corrected chi connectivity index (χ3v) is 3.99. The van der Waals surface area contributed by atoms with Gasteiger partial charge in [-0.25, -0.2) is 0 Å². The lowest BCUT2D eigenvalue weighted by molar-refractivity contribution is 0.100. The Morgan fingerprint density at radius 1 is 0.917 bits per heavy atom. The van der Waals surface area contributed by atoms with Crippen molar-refractivity contribution in [2.75, 3.05) is 4.90 Å². The summed E-state index contributed by atoms with van der Waals surface area (Å²) in [6.45, 7) is 11.1. The van der Waals surface area contributed by atoms with Crippen molar-refractivity contribution in [1.29, 1.82) is 0 Å². The number of rotatable bonds is 5. The molecule has 0 bridgehead atoms. The Morgan fingerprint density at radius 2 is 1.46 bits per heavy atom. The zero-order chi connectivity index (χ0) is 18.0. The highest BCUT2D eigenvalue weighted by Gasteiger charge is 2.34. The molecule has 0 saturated carbocycles. The molecule has 3 heteroatoms. The minimum Gasteiger partial charge on any atom is -0.366 e. The molecule has 0 aromatic heterocycles. The zero-order valence-corrected chi connectivity index (χ0v) is 15.3. The van der Waals surface area contributed by atoms with Gasteiger partial charge in [0.2, 0.25) is 0 Å². The van der Waals surface area contributed by atoms with Crippen LogP contribution in [0.2, 0.25) is 0 Å². The molecule has 128 valence electrons. The van der Waals surface area contributed by atoms with E-state index in [2.05, 4.69) is 51.7 Å². The largest absolute Gasteiger partial charge is 0.366 e. The van der Waals surface area contributed by atoms with Crippen LogP contribution < -0.4 is 10.6 Å². The minimum atomic E-state index is -0.405. The number of carbonyl (C=O) groups excluding carboxylic acids is 1. The second-order valence-electron chi connectivity index (χ2n) is 8.10. The number of nitrogens with two attached hydrogens (primary N) is 1. The molecule has 0 atom stereocenters. The maximum Gasteiger partial charge on any atom is 0.250 e. The topological polar surface area (TPSA) is 46.3 Å². The summed E-state index contributed by atoms with van der Waals surface area (Å²) in [4.78, 5) is 14.2. The highest BCUT2D eigenvalue weighted by Crippen LogP contribution is 2.40. The third kappa shape index (κ3) is 4.16. The minimum absolute atomic E-state index is 0.151. The number of anilines is 2. The normalized spacial score (nSPS) is 12.0. The molecule has 0 spiro atoms. The van der Waals surface area contributed by atoms with Gasteiger partial charge in [-0.15, -0.1) is 0 Å². The van der Waals surface area contributed by atoms with Crippen LogP contribution in [0.1, 0.15) is 51.4 Å². The smallest absolute Gasteiger partial charge is 0.250 e. The van der Waals surface area contributed by atoms with Crippen molar-refractivity contribution in [3.05, 3.63) is 60.2 Å². The van der Waals surface area contributed by atoms with Crippen LogP contribution in [-0.4, -0.2) is 11.4 Å². The summed E-state index contributed by atoms with van der Waals surface area (Å²) in [6.07, 6.45) is 0.960. The molecule has 2 rings (SSSR count). The summed E-state index contributed by atoms with van der Waals surface area (Å²) >= 11 is 0. The van der Waals surface area contributed by atoms with Crippen LogP contribution in [0.5, 0.6) is 0 Å². The number of para-hydroxylation sites is 2. The molecule has 0 aliphatic rings. The van der Waals surface area contributed by atoms with Gasteiger partial charge in [0.05, 0.1) is 11.3 Å². The quantitative estimate of drug-likeness (QED) is 0.828. The fraction of sp³-hybridized carbons (Fsp3) is 0.381. The number of amides is 1. The maximum absolute atomic E-state index is 12.0. The van der Waals surface area contributed by atoms with Crippen molar-refractivity contribution in [3.63, 3.8) is 0 Å². The van der Waals surface area contributed by atoms with Crippen LogP contribution in [0.3, 0.4) is 0 Å². The standard InChI is InChI=1S/C21H28N2O/c1-20(2,3)15-21(4,5)23(16-11-7-6-8-12-16)18-14-10-9-13-17(18)19(22)24/h6-14H,15H2,1-5H3,(H2,22,24). The first kappa shape index (κ1) is 18.1. The molecule has 2 aromatic carbocycles. The first-order valence-corrected chi connectivity index (χ1v) is 8.36. The number of carbonyl (C=O) groups is 1. The van der Waals surface area contributed by atoms with Gasteiger partial charge >= 0.3 is 0 Å². The van der Waals surface area contributed by atoms with Crippen molar-refractivity contribution >= 4 is 17.3 Å². The predicted octanol–water partition coefficient (Wildman–Crippen LogP) is 5.14. The number of benzene rings is 2. The van der Waals surface area contributed by atoms with Crippen molar-refractivity contribution in [1.82, 2.24) is 0 Å². The monoisotopic (exact) mass is 324 g/mol. The molecular formula is C21H28N2O. The van der Waals surface area contributed by atoms with E-state index in [0.29, 0.717) is 5.56 Å². The van der Waals surface area contributed by atoms with Crippen LogP contribution in [0, 0.1) is 5.41 Å². The summed E-state index contributed by atoms with van der Waals surface area (Å²) in [5, 5.41) is 0. The average molecular weight is 324 g/mol. The lowest BCUT2D eigenvalue weighted by Gasteiger charge is -2.44. The van der Waals surface area contributed by atoms with Crippen LogP contribution in [0.15, 0.2) is 54.6 Å². The molecule has 0 fully saturated rings. The van der Waals surface area contributed by atoms with Gasteiger partial charge in [0, 0.05) is 11.2 Å². The fourth-order valence-corrected chi connectivity index (χ4v) is 3.65. The molecule has 0 saturated heterocycles. The molecule has 0 heterocycles. The number of hydrogen-bond donors (Lipinski definition) is 1. The van der Waals surface area contributed by atoms with E-state index in [9.17, 15) is 4.79 Å². The Balaban J connectivity index is 2.63. The number of primary amides is 1.